The van der Waals surface area contributed by atoms with Gasteiger partial charge >= 0.3 is 0 Å². The molecule has 1 aliphatic carbocycles. The summed E-state index contributed by atoms with van der Waals surface area (Å²) in [6.07, 6.45) is 6.80. The second-order valence-electron chi connectivity index (χ2n) is 11.1. The lowest BCUT2D eigenvalue weighted by atomic mass is 9.67. The summed E-state index contributed by atoms with van der Waals surface area (Å²) >= 11 is 0. The molecule has 4 rings (SSSR count). The molecule has 2 amide bonds. The highest BCUT2D eigenvalue weighted by atomic mass is 16.2. The normalized spacial score (nSPS) is 24.3. The van der Waals surface area contributed by atoms with Crippen molar-refractivity contribution < 1.29 is 9.59 Å². The number of hydrogen-bond donors (Lipinski definition) is 4. The van der Waals surface area contributed by atoms with Gasteiger partial charge in [-0.3, -0.25) is 15.0 Å². The van der Waals surface area contributed by atoms with Crippen molar-refractivity contribution in [2.45, 2.75) is 77.3 Å². The summed E-state index contributed by atoms with van der Waals surface area (Å²) in [6.45, 7) is 9.52. The highest BCUT2D eigenvalue weighted by Crippen LogP contribution is 2.44. The molecule has 0 bridgehead atoms. The molecule has 0 aromatic heterocycles. The molecule has 3 aliphatic rings. The van der Waals surface area contributed by atoms with E-state index in [1.165, 1.54) is 32.6 Å². The Labute approximate surface area is 209 Å². The van der Waals surface area contributed by atoms with E-state index in [4.69, 9.17) is 11.1 Å². The quantitative estimate of drug-likeness (QED) is 0.368. The number of rotatable bonds is 6. The van der Waals surface area contributed by atoms with Crippen molar-refractivity contribution in [1.29, 1.82) is 5.41 Å². The first-order chi connectivity index (χ1) is 16.7. The molecule has 1 saturated heterocycles. The summed E-state index contributed by atoms with van der Waals surface area (Å²) in [6, 6.07) is 6.66. The van der Waals surface area contributed by atoms with Gasteiger partial charge in [0.05, 0.1) is 5.41 Å². The number of piperidine rings is 1. The van der Waals surface area contributed by atoms with Crippen LogP contribution in [0.1, 0.15) is 70.4 Å². The number of anilines is 1. The fourth-order valence-electron chi connectivity index (χ4n) is 6.56. The van der Waals surface area contributed by atoms with Crippen LogP contribution in [0, 0.1) is 17.2 Å². The molecule has 2 aliphatic heterocycles. The van der Waals surface area contributed by atoms with Crippen LogP contribution in [0.3, 0.4) is 0 Å². The number of hydrogen-bond acceptors (Lipinski definition) is 4. The lowest BCUT2D eigenvalue weighted by Crippen LogP contribution is -2.58. The summed E-state index contributed by atoms with van der Waals surface area (Å²) in [5.41, 5.74) is 7.92. The number of nitrogens with two attached hydrogens (primary N) is 1. The average Bonchev–Trinajstić information content (AvgIpc) is 2.82. The van der Waals surface area contributed by atoms with Crippen molar-refractivity contribution in [2.24, 2.45) is 17.6 Å². The number of guanidine groups is 1. The van der Waals surface area contributed by atoms with Gasteiger partial charge in [0.2, 0.25) is 11.8 Å². The number of amides is 2. The highest BCUT2D eigenvalue weighted by Gasteiger charge is 2.49. The zero-order valence-corrected chi connectivity index (χ0v) is 21.5. The van der Waals surface area contributed by atoms with Gasteiger partial charge in [-0.05, 0) is 86.7 Å². The van der Waals surface area contributed by atoms with Crippen LogP contribution in [0.4, 0.5) is 5.69 Å². The molecule has 35 heavy (non-hydrogen) atoms. The minimum absolute atomic E-state index is 0.0852. The Morgan fingerprint density at radius 3 is 2.49 bits per heavy atom. The van der Waals surface area contributed by atoms with Gasteiger partial charge in [-0.1, -0.05) is 19.9 Å². The third-order valence-corrected chi connectivity index (χ3v) is 8.55. The van der Waals surface area contributed by atoms with Gasteiger partial charge in [0, 0.05) is 38.3 Å². The van der Waals surface area contributed by atoms with Crippen molar-refractivity contribution in [3.8, 4) is 0 Å². The Hall–Kier alpha value is -2.61. The Bertz CT molecular complexity index is 945. The second-order valence-corrected chi connectivity index (χ2v) is 11.1. The topological polar surface area (TPSA) is 115 Å². The van der Waals surface area contributed by atoms with Gasteiger partial charge in [-0.2, -0.15) is 0 Å². The maximum atomic E-state index is 13.9. The van der Waals surface area contributed by atoms with E-state index in [2.05, 4.69) is 35.4 Å². The molecule has 2 heterocycles. The molecule has 8 heteroatoms. The fraction of sp³-hybridized carbons (Fsp3) is 0.667. The highest BCUT2D eigenvalue weighted by molar-refractivity contribution is 5.92. The zero-order chi connectivity index (χ0) is 25.2. The summed E-state index contributed by atoms with van der Waals surface area (Å²) in [5, 5.41) is 13.1. The maximum absolute atomic E-state index is 13.9. The van der Waals surface area contributed by atoms with Gasteiger partial charge in [-0.25, -0.2) is 0 Å². The maximum Gasteiger partial charge on any atom is 0.233 e. The molecule has 1 spiro atoms. The number of nitrogens with one attached hydrogen (secondary N) is 3. The van der Waals surface area contributed by atoms with Gasteiger partial charge in [0.15, 0.2) is 5.96 Å². The first-order valence-corrected chi connectivity index (χ1v) is 13.2. The molecule has 192 valence electrons. The molecule has 1 aromatic carbocycles. The Morgan fingerprint density at radius 1 is 1.20 bits per heavy atom. The first-order valence-electron chi connectivity index (χ1n) is 13.2. The Kier molecular flexibility index (Phi) is 7.69. The molecule has 0 unspecified atom stereocenters. The summed E-state index contributed by atoms with van der Waals surface area (Å²) in [5.74, 6) is 1.62. The monoisotopic (exact) mass is 482 g/mol. The van der Waals surface area contributed by atoms with Crippen LogP contribution in [0.5, 0.6) is 0 Å². The summed E-state index contributed by atoms with van der Waals surface area (Å²) < 4.78 is 0. The molecule has 5 N–H and O–H groups in total. The van der Waals surface area contributed by atoms with Gasteiger partial charge in [0.1, 0.15) is 0 Å². The predicted molar refractivity (Wildman–Crippen MR) is 139 cm³/mol. The van der Waals surface area contributed by atoms with E-state index in [0.29, 0.717) is 25.7 Å². The standard InChI is InChI=1S/C27H42N6O2/c1-18(2)20-4-7-23(8-5-20)32-13-10-27(11-14-32)24-9-6-22(31-19(3)34)16-21(24)17-33(25(27)35)15-12-30-26(28)29/h6,9,16,18,20,23H,4-5,7-8,10-15,17H2,1-3H3,(H,31,34)(H4,28,29,30)/t20-,23+. The van der Waals surface area contributed by atoms with Crippen LogP contribution >= 0.6 is 0 Å². The summed E-state index contributed by atoms with van der Waals surface area (Å²) in [4.78, 5) is 30.1. The molecular weight excluding hydrogens is 440 g/mol. The van der Waals surface area contributed by atoms with Crippen molar-refractivity contribution in [1.82, 2.24) is 15.1 Å². The molecule has 1 aromatic rings. The van der Waals surface area contributed by atoms with E-state index < -0.39 is 5.41 Å². The molecule has 8 nitrogen and oxygen atoms in total. The third kappa shape index (κ3) is 5.47. The lowest BCUT2D eigenvalue weighted by molar-refractivity contribution is -0.142. The predicted octanol–water partition coefficient (Wildman–Crippen LogP) is 3.02. The van der Waals surface area contributed by atoms with E-state index in [1.54, 1.807) is 0 Å². The van der Waals surface area contributed by atoms with Crippen molar-refractivity contribution in [3.05, 3.63) is 29.3 Å². The number of nitrogens with zero attached hydrogens (tertiary/aromatic N) is 2. The average molecular weight is 483 g/mol. The van der Waals surface area contributed by atoms with Crippen LogP contribution < -0.4 is 16.4 Å². The van der Waals surface area contributed by atoms with Gasteiger partial charge in [0.25, 0.3) is 0 Å². The van der Waals surface area contributed by atoms with Crippen molar-refractivity contribution >= 4 is 23.5 Å². The molecule has 1 saturated carbocycles. The third-order valence-electron chi connectivity index (χ3n) is 8.55. The number of fused-ring (bicyclic) bond motifs is 2. The minimum Gasteiger partial charge on any atom is -0.370 e. The largest absolute Gasteiger partial charge is 0.370 e. The minimum atomic E-state index is -0.524. The van der Waals surface area contributed by atoms with Crippen LogP contribution in [-0.4, -0.2) is 59.8 Å². The fourth-order valence-corrected chi connectivity index (χ4v) is 6.56. The van der Waals surface area contributed by atoms with Crippen LogP contribution in [0.25, 0.3) is 0 Å². The number of carbonyl (C=O) groups excluding carboxylic acids is 2. The smallest absolute Gasteiger partial charge is 0.233 e. The van der Waals surface area contributed by atoms with E-state index in [1.807, 2.05) is 17.0 Å². The Balaban J connectivity index is 1.53. The van der Waals surface area contributed by atoms with Crippen LogP contribution in [0.15, 0.2) is 18.2 Å². The lowest BCUT2D eigenvalue weighted by Gasteiger charge is -2.49. The van der Waals surface area contributed by atoms with E-state index in [0.717, 1.165) is 54.6 Å². The number of carbonyl (C=O) groups is 2. The van der Waals surface area contributed by atoms with Crippen LogP contribution in [-0.2, 0) is 21.5 Å². The SMILES string of the molecule is CC(=O)Nc1ccc2c(c1)CN(CCNC(=N)N)C(=O)C21CCN([C@H]2CC[C@@H](C(C)C)CC2)CC1. The van der Waals surface area contributed by atoms with E-state index in [9.17, 15) is 9.59 Å². The van der Waals surface area contributed by atoms with Crippen LogP contribution in [0.2, 0.25) is 0 Å². The molecule has 0 atom stereocenters. The van der Waals surface area contributed by atoms with E-state index >= 15 is 0 Å². The second kappa shape index (κ2) is 10.6. The Morgan fingerprint density at radius 2 is 1.89 bits per heavy atom. The van der Waals surface area contributed by atoms with Crippen molar-refractivity contribution in [3.63, 3.8) is 0 Å². The number of likely N-dealkylation sites (tertiary alicyclic amines) is 1. The molecule has 2 fully saturated rings. The van der Waals surface area contributed by atoms with Gasteiger partial charge < -0.3 is 26.2 Å². The van der Waals surface area contributed by atoms with E-state index in [-0.39, 0.29) is 17.8 Å². The van der Waals surface area contributed by atoms with Crippen molar-refractivity contribution in [2.75, 3.05) is 31.5 Å². The number of benzene rings is 1. The zero-order valence-electron chi connectivity index (χ0n) is 21.5. The molecule has 0 radical (unpaired) electrons. The summed E-state index contributed by atoms with van der Waals surface area (Å²) in [7, 11) is 0. The first kappa shape index (κ1) is 25.5. The molecular formula is C27H42N6O2. The van der Waals surface area contributed by atoms with Gasteiger partial charge in [-0.15, -0.1) is 0 Å².